The van der Waals surface area contributed by atoms with Gasteiger partial charge in [0, 0.05) is 4.88 Å². The molecule has 0 aromatic carbocycles. The van der Waals surface area contributed by atoms with Crippen molar-refractivity contribution in [3.63, 3.8) is 0 Å². The number of carbonyl (C=O) groups excluding carboxylic acids is 1. The van der Waals surface area contributed by atoms with Crippen LogP contribution in [0.25, 0.3) is 0 Å². The molecule has 1 aromatic heterocycles. The second-order valence-electron chi connectivity index (χ2n) is 3.63. The maximum absolute atomic E-state index is 12.0. The fourth-order valence-corrected chi connectivity index (χ4v) is 2.39. The number of carboxylic acids is 1. The summed E-state index contributed by atoms with van der Waals surface area (Å²) < 4.78 is 35.9. The molecule has 18 heavy (non-hydrogen) atoms. The van der Waals surface area contributed by atoms with Crippen LogP contribution in [0.15, 0.2) is 0 Å². The third kappa shape index (κ3) is 3.46. The van der Waals surface area contributed by atoms with Crippen LogP contribution in [0.3, 0.4) is 0 Å². The van der Waals surface area contributed by atoms with Crippen molar-refractivity contribution >= 4 is 28.2 Å². The summed E-state index contributed by atoms with van der Waals surface area (Å²) in [5, 5.41) is 10.9. The number of halogens is 3. The standard InChI is InChI=1S/C10H10F3NO3S/c1-4-5(2)18-8(7(4)9(16)17)14-6(15)3-10(11,12)13/h3H2,1-2H3,(H,14,15)(H,16,17). The molecular formula is C10H10F3NO3S. The Balaban J connectivity index is 2.95. The zero-order valence-electron chi connectivity index (χ0n) is 9.51. The molecule has 100 valence electrons. The Bertz CT molecular complexity index is 493. The van der Waals surface area contributed by atoms with E-state index >= 15 is 0 Å². The second-order valence-corrected chi connectivity index (χ2v) is 4.86. The van der Waals surface area contributed by atoms with Crippen LogP contribution in [-0.4, -0.2) is 23.2 Å². The number of carboxylic acid groups (broad SMARTS) is 1. The molecule has 4 nitrogen and oxygen atoms in total. The van der Waals surface area contributed by atoms with Crippen LogP contribution in [0.5, 0.6) is 0 Å². The van der Waals surface area contributed by atoms with E-state index in [1.165, 1.54) is 6.92 Å². The Kier molecular flexibility index (Phi) is 4.00. The van der Waals surface area contributed by atoms with Crippen molar-refractivity contribution in [3.05, 3.63) is 16.0 Å². The maximum atomic E-state index is 12.0. The van der Waals surface area contributed by atoms with Crippen molar-refractivity contribution in [2.45, 2.75) is 26.4 Å². The van der Waals surface area contributed by atoms with E-state index in [0.717, 1.165) is 11.3 Å². The first-order chi connectivity index (χ1) is 8.11. The lowest BCUT2D eigenvalue weighted by atomic mass is 10.1. The number of amides is 1. The van der Waals surface area contributed by atoms with Gasteiger partial charge in [0.15, 0.2) is 0 Å². The highest BCUT2D eigenvalue weighted by Gasteiger charge is 2.32. The predicted octanol–water partition coefficient (Wildman–Crippen LogP) is 2.95. The number of carbonyl (C=O) groups is 2. The van der Waals surface area contributed by atoms with E-state index in [1.807, 2.05) is 5.32 Å². The number of alkyl halides is 3. The Morgan fingerprint density at radius 1 is 1.33 bits per heavy atom. The van der Waals surface area contributed by atoms with Gasteiger partial charge in [-0.1, -0.05) is 0 Å². The number of thiophene rings is 1. The largest absolute Gasteiger partial charge is 0.478 e. The molecule has 1 heterocycles. The molecule has 0 saturated carbocycles. The summed E-state index contributed by atoms with van der Waals surface area (Å²) in [6.45, 7) is 3.17. The molecule has 0 aliphatic heterocycles. The van der Waals surface area contributed by atoms with Crippen LogP contribution < -0.4 is 5.32 Å². The third-order valence-electron chi connectivity index (χ3n) is 2.21. The number of hydrogen-bond acceptors (Lipinski definition) is 3. The second kappa shape index (κ2) is 4.97. The molecule has 1 aromatic rings. The first-order valence-corrected chi connectivity index (χ1v) is 5.63. The van der Waals surface area contributed by atoms with Gasteiger partial charge in [-0.05, 0) is 19.4 Å². The first-order valence-electron chi connectivity index (χ1n) is 4.81. The molecule has 0 atom stereocenters. The summed E-state index contributed by atoms with van der Waals surface area (Å²) in [4.78, 5) is 22.7. The Hall–Kier alpha value is -1.57. The average molecular weight is 281 g/mol. The van der Waals surface area contributed by atoms with Crippen LogP contribution in [0, 0.1) is 13.8 Å². The number of aromatic carboxylic acids is 1. The number of hydrogen-bond donors (Lipinski definition) is 2. The molecule has 1 rings (SSSR count). The summed E-state index contributed by atoms with van der Waals surface area (Å²) in [6, 6.07) is 0. The van der Waals surface area contributed by atoms with E-state index in [9.17, 15) is 22.8 Å². The molecule has 0 spiro atoms. The lowest BCUT2D eigenvalue weighted by Gasteiger charge is -2.07. The summed E-state index contributed by atoms with van der Waals surface area (Å²) in [7, 11) is 0. The molecule has 0 bridgehead atoms. The van der Waals surface area contributed by atoms with Crippen molar-refractivity contribution in [1.29, 1.82) is 0 Å². The highest BCUT2D eigenvalue weighted by Crippen LogP contribution is 2.33. The smallest absolute Gasteiger partial charge is 0.397 e. The van der Waals surface area contributed by atoms with Gasteiger partial charge >= 0.3 is 12.1 Å². The monoisotopic (exact) mass is 281 g/mol. The van der Waals surface area contributed by atoms with E-state index in [4.69, 9.17) is 5.11 Å². The minimum absolute atomic E-state index is 0.0632. The summed E-state index contributed by atoms with van der Waals surface area (Å²) in [6.07, 6.45) is -6.25. The van der Waals surface area contributed by atoms with Gasteiger partial charge in [0.05, 0.1) is 5.56 Å². The Morgan fingerprint density at radius 3 is 2.33 bits per heavy atom. The quantitative estimate of drug-likeness (QED) is 0.895. The molecule has 0 radical (unpaired) electrons. The molecule has 0 aliphatic carbocycles. The van der Waals surface area contributed by atoms with Gasteiger partial charge in [-0.15, -0.1) is 11.3 Å². The Morgan fingerprint density at radius 2 is 1.89 bits per heavy atom. The lowest BCUT2D eigenvalue weighted by Crippen LogP contribution is -2.21. The van der Waals surface area contributed by atoms with Crippen molar-refractivity contribution in [1.82, 2.24) is 0 Å². The number of rotatable bonds is 3. The van der Waals surface area contributed by atoms with Gasteiger partial charge in [0.25, 0.3) is 0 Å². The van der Waals surface area contributed by atoms with Gasteiger partial charge in [-0.3, -0.25) is 4.79 Å². The zero-order chi connectivity index (χ0) is 14.1. The predicted molar refractivity (Wildman–Crippen MR) is 60.1 cm³/mol. The fourth-order valence-electron chi connectivity index (χ4n) is 1.33. The van der Waals surface area contributed by atoms with E-state index in [1.54, 1.807) is 6.92 Å². The van der Waals surface area contributed by atoms with E-state index in [0.29, 0.717) is 10.4 Å². The third-order valence-corrected chi connectivity index (χ3v) is 3.34. The molecule has 1 amide bonds. The van der Waals surface area contributed by atoms with Gasteiger partial charge in [-0.25, -0.2) is 4.79 Å². The van der Waals surface area contributed by atoms with Crippen LogP contribution in [-0.2, 0) is 4.79 Å². The summed E-state index contributed by atoms with van der Waals surface area (Å²) in [5.74, 6) is -2.55. The van der Waals surface area contributed by atoms with Gasteiger partial charge in [0.1, 0.15) is 11.4 Å². The normalized spacial score (nSPS) is 11.4. The summed E-state index contributed by atoms with van der Waals surface area (Å²) in [5.41, 5.74) is 0.280. The molecule has 0 aliphatic rings. The number of nitrogens with one attached hydrogen (secondary N) is 1. The van der Waals surface area contributed by atoms with Crippen molar-refractivity contribution < 1.29 is 27.9 Å². The van der Waals surface area contributed by atoms with E-state index in [-0.39, 0.29) is 10.6 Å². The number of anilines is 1. The van der Waals surface area contributed by atoms with Crippen molar-refractivity contribution in [3.8, 4) is 0 Å². The van der Waals surface area contributed by atoms with E-state index < -0.39 is 24.5 Å². The van der Waals surface area contributed by atoms with Gasteiger partial charge in [0.2, 0.25) is 5.91 Å². The van der Waals surface area contributed by atoms with Crippen molar-refractivity contribution in [2.24, 2.45) is 0 Å². The Labute approximate surface area is 104 Å². The maximum Gasteiger partial charge on any atom is 0.397 e. The van der Waals surface area contributed by atoms with Crippen molar-refractivity contribution in [2.75, 3.05) is 5.32 Å². The molecule has 8 heteroatoms. The molecule has 0 saturated heterocycles. The summed E-state index contributed by atoms with van der Waals surface area (Å²) >= 11 is 0.944. The minimum atomic E-state index is -4.62. The van der Waals surface area contributed by atoms with Crippen LogP contribution in [0.1, 0.15) is 27.2 Å². The van der Waals surface area contributed by atoms with Crippen LogP contribution in [0.4, 0.5) is 18.2 Å². The number of aryl methyl sites for hydroxylation is 1. The fraction of sp³-hybridized carbons (Fsp3) is 0.400. The lowest BCUT2D eigenvalue weighted by molar-refractivity contribution is -0.150. The molecule has 0 fully saturated rings. The molecule has 0 unspecified atom stereocenters. The van der Waals surface area contributed by atoms with Gasteiger partial charge < -0.3 is 10.4 Å². The molecule has 2 N–H and O–H groups in total. The van der Waals surface area contributed by atoms with Gasteiger partial charge in [-0.2, -0.15) is 13.2 Å². The average Bonchev–Trinajstić information content (AvgIpc) is 2.38. The SMILES string of the molecule is Cc1sc(NC(=O)CC(F)(F)F)c(C(=O)O)c1C. The first kappa shape index (κ1) is 14.5. The molecular weight excluding hydrogens is 271 g/mol. The van der Waals surface area contributed by atoms with Crippen LogP contribution in [0.2, 0.25) is 0 Å². The highest BCUT2D eigenvalue weighted by molar-refractivity contribution is 7.16. The van der Waals surface area contributed by atoms with E-state index in [2.05, 4.69) is 0 Å². The topological polar surface area (TPSA) is 66.4 Å². The van der Waals surface area contributed by atoms with Crippen LogP contribution >= 0.6 is 11.3 Å². The minimum Gasteiger partial charge on any atom is -0.478 e. The highest BCUT2D eigenvalue weighted by atomic mass is 32.1. The zero-order valence-corrected chi connectivity index (χ0v) is 10.3.